The second-order valence-electron chi connectivity index (χ2n) is 15.7. The van der Waals surface area contributed by atoms with Gasteiger partial charge in [-0.25, -0.2) is 0 Å². The van der Waals surface area contributed by atoms with E-state index in [2.05, 4.69) is 18.7 Å². The maximum atomic E-state index is 12.9. The lowest BCUT2D eigenvalue weighted by molar-refractivity contribution is -0.159. The highest BCUT2D eigenvalue weighted by atomic mass is 16.6. The Kier molecular flexibility index (Phi) is 29.7. The third-order valence-electron chi connectivity index (χ3n) is 10.1. The number of ether oxygens (including phenoxy) is 5. The first kappa shape index (κ1) is 49.3. The van der Waals surface area contributed by atoms with Crippen molar-refractivity contribution in [1.29, 1.82) is 0 Å². The van der Waals surface area contributed by atoms with Crippen molar-refractivity contribution >= 4 is 29.8 Å². The van der Waals surface area contributed by atoms with Crippen LogP contribution >= 0.6 is 0 Å². The fourth-order valence-corrected chi connectivity index (χ4v) is 6.50. The summed E-state index contributed by atoms with van der Waals surface area (Å²) in [7, 11) is 1.98. The zero-order valence-electron chi connectivity index (χ0n) is 34.7. The van der Waals surface area contributed by atoms with Crippen LogP contribution in [-0.4, -0.2) is 87.9 Å². The summed E-state index contributed by atoms with van der Waals surface area (Å²) in [4.78, 5) is 63.8. The quantitative estimate of drug-likeness (QED) is 0.0347. The molecule has 11 heteroatoms. The van der Waals surface area contributed by atoms with Crippen LogP contribution in [0.4, 0.5) is 0 Å². The van der Waals surface area contributed by atoms with Crippen molar-refractivity contribution in [2.45, 2.75) is 181 Å². The first-order chi connectivity index (χ1) is 26.1. The van der Waals surface area contributed by atoms with Crippen molar-refractivity contribution in [3.8, 4) is 0 Å². The summed E-state index contributed by atoms with van der Waals surface area (Å²) in [6.07, 6.45) is 21.9. The molecule has 0 aromatic heterocycles. The number of esters is 5. The normalized spacial score (nSPS) is 15.6. The molecule has 1 heterocycles. The molecule has 1 aliphatic rings. The summed E-state index contributed by atoms with van der Waals surface area (Å²) < 4.78 is 27.4. The van der Waals surface area contributed by atoms with Gasteiger partial charge in [-0.3, -0.25) is 24.0 Å². The SMILES string of the molecule is CCCCCCCC(=O)OCCCCCCCC(=O)OCC(COC(=O)CCCCCCCOC(=O)CCCCCCC)COC(=O)C1(C)CCN(C)C1. The van der Waals surface area contributed by atoms with E-state index >= 15 is 0 Å². The van der Waals surface area contributed by atoms with Crippen LogP contribution in [0, 0.1) is 11.3 Å². The van der Waals surface area contributed by atoms with E-state index in [4.69, 9.17) is 23.7 Å². The van der Waals surface area contributed by atoms with Crippen LogP contribution in [0.15, 0.2) is 0 Å². The molecule has 1 fully saturated rings. The Morgan fingerprint density at radius 3 is 1.24 bits per heavy atom. The van der Waals surface area contributed by atoms with Crippen LogP contribution in [0.5, 0.6) is 0 Å². The Hall–Kier alpha value is -2.69. The maximum Gasteiger partial charge on any atom is 0.313 e. The smallest absolute Gasteiger partial charge is 0.313 e. The van der Waals surface area contributed by atoms with Gasteiger partial charge in [0.05, 0.1) is 24.5 Å². The standard InChI is InChI=1S/C43H77NO10/c1-5-7-9-13-19-25-38(45)50-31-23-17-11-15-21-27-40(47)52-33-37(35-54-42(49)43(3)29-30-44(4)36-43)34-53-41(48)28-22-16-12-18-24-32-51-39(46)26-20-14-10-8-6-2/h37H,5-36H2,1-4H3. The molecule has 11 nitrogen and oxygen atoms in total. The minimum absolute atomic E-state index is 0.00339. The van der Waals surface area contributed by atoms with Gasteiger partial charge in [0.15, 0.2) is 0 Å². The fraction of sp³-hybridized carbons (Fsp3) is 0.884. The number of rotatable bonds is 35. The van der Waals surface area contributed by atoms with E-state index in [0.29, 0.717) is 51.9 Å². The average molecular weight is 768 g/mol. The fourth-order valence-electron chi connectivity index (χ4n) is 6.50. The van der Waals surface area contributed by atoms with Gasteiger partial charge < -0.3 is 28.6 Å². The number of carbonyl (C=O) groups excluding carboxylic acids is 5. The molecular weight excluding hydrogens is 690 g/mol. The van der Waals surface area contributed by atoms with Gasteiger partial charge in [-0.05, 0) is 65.5 Å². The van der Waals surface area contributed by atoms with Crippen LogP contribution in [0.25, 0.3) is 0 Å². The predicted molar refractivity (Wildman–Crippen MR) is 211 cm³/mol. The Bertz CT molecular complexity index is 962. The summed E-state index contributed by atoms with van der Waals surface area (Å²) >= 11 is 0. The number of likely N-dealkylation sites (tertiary alicyclic amines) is 1. The molecule has 0 N–H and O–H groups in total. The molecule has 0 saturated carbocycles. The van der Waals surface area contributed by atoms with Gasteiger partial charge in [0.25, 0.3) is 0 Å². The maximum absolute atomic E-state index is 12.9. The largest absolute Gasteiger partial charge is 0.466 e. The second kappa shape index (κ2) is 32.5. The zero-order valence-corrected chi connectivity index (χ0v) is 34.7. The lowest BCUT2D eigenvalue weighted by Gasteiger charge is -2.24. The number of carbonyl (C=O) groups is 5. The first-order valence-electron chi connectivity index (χ1n) is 21.6. The van der Waals surface area contributed by atoms with Gasteiger partial charge >= 0.3 is 29.8 Å². The van der Waals surface area contributed by atoms with E-state index in [1.807, 2.05) is 14.0 Å². The van der Waals surface area contributed by atoms with E-state index in [1.165, 1.54) is 38.5 Å². The van der Waals surface area contributed by atoms with Crippen molar-refractivity contribution in [1.82, 2.24) is 4.90 Å². The monoisotopic (exact) mass is 768 g/mol. The zero-order chi connectivity index (χ0) is 39.7. The van der Waals surface area contributed by atoms with Crippen LogP contribution in [0.3, 0.4) is 0 Å². The first-order valence-corrected chi connectivity index (χ1v) is 21.6. The van der Waals surface area contributed by atoms with Crippen molar-refractivity contribution in [2.24, 2.45) is 11.3 Å². The average Bonchev–Trinajstić information content (AvgIpc) is 3.51. The Morgan fingerprint density at radius 2 is 0.852 bits per heavy atom. The summed E-state index contributed by atoms with van der Waals surface area (Å²) in [5.41, 5.74) is -0.586. The molecule has 1 saturated heterocycles. The van der Waals surface area contributed by atoms with Gasteiger partial charge in [-0.1, -0.05) is 104 Å². The summed E-state index contributed by atoms with van der Waals surface area (Å²) in [5.74, 6) is -1.62. The lowest BCUT2D eigenvalue weighted by atomic mass is 9.90. The Balaban J connectivity index is 2.28. The van der Waals surface area contributed by atoms with Gasteiger partial charge in [-0.15, -0.1) is 0 Å². The third-order valence-corrected chi connectivity index (χ3v) is 10.1. The van der Waals surface area contributed by atoms with Crippen molar-refractivity contribution in [2.75, 3.05) is 53.2 Å². The van der Waals surface area contributed by atoms with Gasteiger partial charge in [-0.2, -0.15) is 0 Å². The highest BCUT2D eigenvalue weighted by molar-refractivity contribution is 5.77. The van der Waals surface area contributed by atoms with Crippen LogP contribution in [-0.2, 0) is 47.7 Å². The summed E-state index contributed by atoms with van der Waals surface area (Å²) in [5, 5.41) is 0. The van der Waals surface area contributed by atoms with Crippen LogP contribution in [0.1, 0.15) is 181 Å². The Morgan fingerprint density at radius 1 is 0.500 bits per heavy atom. The summed E-state index contributed by atoms with van der Waals surface area (Å²) in [6, 6.07) is 0. The van der Waals surface area contributed by atoms with E-state index in [9.17, 15) is 24.0 Å². The van der Waals surface area contributed by atoms with E-state index in [0.717, 1.165) is 83.6 Å². The molecule has 0 aromatic carbocycles. The molecule has 1 aliphatic heterocycles. The molecule has 1 unspecified atom stereocenters. The molecule has 1 rings (SSSR count). The molecule has 1 atom stereocenters. The molecule has 0 spiro atoms. The number of nitrogens with zero attached hydrogens (tertiary/aromatic N) is 1. The highest BCUT2D eigenvalue weighted by Gasteiger charge is 2.40. The highest BCUT2D eigenvalue weighted by Crippen LogP contribution is 2.30. The number of hydrogen-bond acceptors (Lipinski definition) is 11. The number of unbranched alkanes of at least 4 members (excludes halogenated alkanes) is 16. The van der Waals surface area contributed by atoms with E-state index in [-0.39, 0.29) is 62.5 Å². The molecular formula is C43H77NO10. The van der Waals surface area contributed by atoms with Crippen LogP contribution in [0.2, 0.25) is 0 Å². The number of hydrogen-bond donors (Lipinski definition) is 0. The summed E-state index contributed by atoms with van der Waals surface area (Å²) in [6.45, 7) is 8.59. The predicted octanol–water partition coefficient (Wildman–Crippen LogP) is 9.06. The van der Waals surface area contributed by atoms with Crippen molar-refractivity contribution in [3.05, 3.63) is 0 Å². The van der Waals surface area contributed by atoms with Crippen molar-refractivity contribution in [3.63, 3.8) is 0 Å². The molecule has 0 aromatic rings. The molecule has 0 bridgehead atoms. The van der Waals surface area contributed by atoms with Crippen molar-refractivity contribution < 1.29 is 47.7 Å². The van der Waals surface area contributed by atoms with Gasteiger partial charge in [0, 0.05) is 32.2 Å². The molecule has 0 amide bonds. The van der Waals surface area contributed by atoms with E-state index in [1.54, 1.807) is 0 Å². The third kappa shape index (κ3) is 27.0. The second-order valence-corrected chi connectivity index (χ2v) is 15.7. The molecule has 0 radical (unpaired) electrons. The minimum atomic E-state index is -0.586. The van der Waals surface area contributed by atoms with Crippen LogP contribution < -0.4 is 0 Å². The van der Waals surface area contributed by atoms with E-state index < -0.39 is 11.3 Å². The van der Waals surface area contributed by atoms with Gasteiger partial charge in [0.2, 0.25) is 0 Å². The minimum Gasteiger partial charge on any atom is -0.466 e. The topological polar surface area (TPSA) is 135 Å². The molecule has 54 heavy (non-hydrogen) atoms. The molecule has 0 aliphatic carbocycles. The lowest BCUT2D eigenvalue weighted by Crippen LogP contribution is -2.35. The Labute approximate surface area is 327 Å². The molecule has 314 valence electrons. The van der Waals surface area contributed by atoms with Gasteiger partial charge in [0.1, 0.15) is 19.8 Å².